The van der Waals surface area contributed by atoms with E-state index in [2.05, 4.69) is 0 Å². The summed E-state index contributed by atoms with van der Waals surface area (Å²) in [6.07, 6.45) is 1.79. The van der Waals surface area contributed by atoms with Gasteiger partial charge in [0.2, 0.25) is 0 Å². The van der Waals surface area contributed by atoms with Crippen LogP contribution in [-0.4, -0.2) is 37.7 Å². The number of benzene rings is 2. The third-order valence-corrected chi connectivity index (χ3v) is 3.94. The summed E-state index contributed by atoms with van der Waals surface area (Å²) in [4.78, 5) is 24.8. The quantitative estimate of drug-likeness (QED) is 0.848. The molecule has 0 radical (unpaired) electrons. The zero-order valence-electron chi connectivity index (χ0n) is 13.9. The van der Waals surface area contributed by atoms with Crippen molar-refractivity contribution in [1.82, 2.24) is 0 Å². The minimum absolute atomic E-state index is 0.0774. The largest absolute Gasteiger partial charge is 0.493 e. The highest BCUT2D eigenvalue weighted by molar-refractivity contribution is 6.35. The number of nitrogens with zero attached hydrogens (tertiary/aromatic N) is 1. The van der Waals surface area contributed by atoms with Crippen LogP contribution in [0.5, 0.6) is 11.5 Å². The molecule has 3 rings (SSSR count). The smallest absolute Gasteiger partial charge is 0.341 e. The molecule has 128 valence electrons. The summed E-state index contributed by atoms with van der Waals surface area (Å²) in [5.74, 6) is -0.402. The third kappa shape index (κ3) is 3.19. The standard InChI is InChI=1S/C19H17NO5/c1-20-15-6-4-3-5-13(15)14(19(20)23)9-12-7-8-16(17(10-12)24-2)25-11-18(21)22/h3-10H,11H2,1-2H3,(H,21,22)/b14-9+. The number of carboxylic acids is 1. The van der Waals surface area contributed by atoms with Gasteiger partial charge in [0.05, 0.1) is 12.8 Å². The second kappa shape index (κ2) is 6.68. The maximum Gasteiger partial charge on any atom is 0.341 e. The van der Waals surface area contributed by atoms with Crippen LogP contribution in [0.25, 0.3) is 11.6 Å². The second-order valence-corrected chi connectivity index (χ2v) is 5.53. The van der Waals surface area contributed by atoms with E-state index in [-0.39, 0.29) is 5.91 Å². The molecule has 0 saturated heterocycles. The number of hydrogen-bond acceptors (Lipinski definition) is 4. The molecule has 0 unspecified atom stereocenters. The van der Waals surface area contributed by atoms with Gasteiger partial charge in [-0.3, -0.25) is 4.79 Å². The molecule has 0 aromatic heterocycles. The first-order valence-corrected chi connectivity index (χ1v) is 7.63. The molecular formula is C19H17NO5. The van der Waals surface area contributed by atoms with Gasteiger partial charge < -0.3 is 19.5 Å². The van der Waals surface area contributed by atoms with Crippen molar-refractivity contribution in [3.05, 3.63) is 53.6 Å². The van der Waals surface area contributed by atoms with Crippen LogP contribution in [-0.2, 0) is 9.59 Å². The summed E-state index contributed by atoms with van der Waals surface area (Å²) < 4.78 is 10.4. The van der Waals surface area contributed by atoms with Gasteiger partial charge >= 0.3 is 5.97 Å². The number of carbonyl (C=O) groups is 2. The Morgan fingerprint density at radius 3 is 2.68 bits per heavy atom. The molecule has 25 heavy (non-hydrogen) atoms. The Balaban J connectivity index is 1.96. The van der Waals surface area contributed by atoms with Crippen molar-refractivity contribution in [2.45, 2.75) is 0 Å². The number of ether oxygens (including phenoxy) is 2. The first kappa shape index (κ1) is 16.6. The molecule has 0 fully saturated rings. The van der Waals surface area contributed by atoms with Gasteiger partial charge in [-0.1, -0.05) is 24.3 Å². The van der Waals surface area contributed by atoms with E-state index in [1.165, 1.54) is 7.11 Å². The predicted octanol–water partition coefficient (Wildman–Crippen LogP) is 2.68. The molecule has 0 atom stereocenters. The van der Waals surface area contributed by atoms with Crippen molar-refractivity contribution in [3.63, 3.8) is 0 Å². The third-order valence-electron chi connectivity index (χ3n) is 3.94. The highest BCUT2D eigenvalue weighted by Crippen LogP contribution is 2.37. The number of fused-ring (bicyclic) bond motifs is 1. The highest BCUT2D eigenvalue weighted by Gasteiger charge is 2.29. The van der Waals surface area contributed by atoms with Crippen molar-refractivity contribution in [2.24, 2.45) is 0 Å². The van der Waals surface area contributed by atoms with E-state index >= 15 is 0 Å². The van der Waals surface area contributed by atoms with Gasteiger partial charge in [-0.25, -0.2) is 4.79 Å². The Morgan fingerprint density at radius 2 is 1.96 bits per heavy atom. The number of hydrogen-bond donors (Lipinski definition) is 1. The molecule has 0 bridgehead atoms. The van der Waals surface area contributed by atoms with E-state index < -0.39 is 12.6 Å². The number of rotatable bonds is 5. The molecule has 2 aromatic carbocycles. The molecule has 6 nitrogen and oxygen atoms in total. The Labute approximate surface area is 144 Å². The molecule has 2 aromatic rings. The van der Waals surface area contributed by atoms with Gasteiger partial charge in [-0.05, 0) is 29.8 Å². The van der Waals surface area contributed by atoms with Crippen molar-refractivity contribution >= 4 is 29.2 Å². The fourth-order valence-corrected chi connectivity index (χ4v) is 2.74. The lowest BCUT2D eigenvalue weighted by molar-refractivity contribution is -0.139. The fourth-order valence-electron chi connectivity index (χ4n) is 2.74. The normalized spacial score (nSPS) is 14.6. The average molecular weight is 339 g/mol. The second-order valence-electron chi connectivity index (χ2n) is 5.53. The van der Waals surface area contributed by atoms with Crippen molar-refractivity contribution in [1.29, 1.82) is 0 Å². The van der Waals surface area contributed by atoms with E-state index in [1.54, 1.807) is 36.2 Å². The summed E-state index contributed by atoms with van der Waals surface area (Å²) in [5.41, 5.74) is 3.10. The van der Waals surface area contributed by atoms with Crippen LogP contribution < -0.4 is 14.4 Å². The van der Waals surface area contributed by atoms with Crippen LogP contribution in [0.1, 0.15) is 11.1 Å². The molecule has 6 heteroatoms. The lowest BCUT2D eigenvalue weighted by atomic mass is 10.0. The van der Waals surface area contributed by atoms with Gasteiger partial charge in [0, 0.05) is 18.2 Å². The molecule has 1 heterocycles. The number of aliphatic carboxylic acids is 1. The lowest BCUT2D eigenvalue weighted by Crippen LogP contribution is -2.20. The number of methoxy groups -OCH3 is 1. The molecule has 1 aliphatic heterocycles. The molecule has 1 aliphatic rings. The van der Waals surface area contributed by atoms with Crippen molar-refractivity contribution < 1.29 is 24.2 Å². The summed E-state index contributed by atoms with van der Waals surface area (Å²) in [6.45, 7) is -0.451. The molecular weight excluding hydrogens is 322 g/mol. The number of anilines is 1. The highest BCUT2D eigenvalue weighted by atomic mass is 16.5. The van der Waals surface area contributed by atoms with E-state index in [0.29, 0.717) is 17.1 Å². The van der Waals surface area contributed by atoms with Crippen LogP contribution in [0.2, 0.25) is 0 Å². The Hall–Kier alpha value is -3.28. The van der Waals surface area contributed by atoms with Gasteiger partial charge in [0.15, 0.2) is 18.1 Å². The van der Waals surface area contributed by atoms with Crippen molar-refractivity contribution in [3.8, 4) is 11.5 Å². The van der Waals surface area contributed by atoms with E-state index in [1.807, 2.05) is 24.3 Å². The summed E-state index contributed by atoms with van der Waals surface area (Å²) >= 11 is 0. The maximum atomic E-state index is 12.5. The van der Waals surface area contributed by atoms with Crippen LogP contribution in [0.3, 0.4) is 0 Å². The Morgan fingerprint density at radius 1 is 1.20 bits per heavy atom. The van der Waals surface area contributed by atoms with Crippen LogP contribution in [0.15, 0.2) is 42.5 Å². The molecule has 0 aliphatic carbocycles. The monoisotopic (exact) mass is 339 g/mol. The van der Waals surface area contributed by atoms with E-state index in [0.717, 1.165) is 16.8 Å². The van der Waals surface area contributed by atoms with Crippen molar-refractivity contribution in [2.75, 3.05) is 25.7 Å². The van der Waals surface area contributed by atoms with Crippen LogP contribution in [0.4, 0.5) is 5.69 Å². The van der Waals surface area contributed by atoms with Gasteiger partial charge in [0.1, 0.15) is 0 Å². The number of carbonyl (C=O) groups excluding carboxylic acids is 1. The van der Waals surface area contributed by atoms with E-state index in [9.17, 15) is 9.59 Å². The van der Waals surface area contributed by atoms with Gasteiger partial charge in [0.25, 0.3) is 5.91 Å². The predicted molar refractivity (Wildman–Crippen MR) is 93.8 cm³/mol. The average Bonchev–Trinajstić information content (AvgIpc) is 2.85. The SMILES string of the molecule is COc1cc(/C=C2/C(=O)N(C)c3ccccc32)ccc1OCC(=O)O. The Kier molecular flexibility index (Phi) is 4.43. The topological polar surface area (TPSA) is 76.1 Å². The Bertz CT molecular complexity index is 872. The van der Waals surface area contributed by atoms with E-state index in [4.69, 9.17) is 14.6 Å². The number of para-hydroxylation sites is 1. The first-order chi connectivity index (χ1) is 12.0. The first-order valence-electron chi connectivity index (χ1n) is 7.63. The molecule has 0 saturated carbocycles. The summed E-state index contributed by atoms with van der Waals surface area (Å²) in [6, 6.07) is 12.7. The maximum absolute atomic E-state index is 12.5. The summed E-state index contributed by atoms with van der Waals surface area (Å²) in [7, 11) is 3.22. The van der Waals surface area contributed by atoms with Crippen LogP contribution >= 0.6 is 0 Å². The lowest BCUT2D eigenvalue weighted by Gasteiger charge is -2.10. The molecule has 0 spiro atoms. The zero-order valence-corrected chi connectivity index (χ0v) is 13.9. The fraction of sp³-hybridized carbons (Fsp3) is 0.158. The number of carboxylic acid groups (broad SMARTS) is 1. The number of amides is 1. The zero-order chi connectivity index (χ0) is 18.0. The summed E-state index contributed by atoms with van der Waals surface area (Å²) in [5, 5.41) is 8.71. The van der Waals surface area contributed by atoms with Gasteiger partial charge in [-0.2, -0.15) is 0 Å². The molecule has 1 N–H and O–H groups in total. The van der Waals surface area contributed by atoms with Gasteiger partial charge in [-0.15, -0.1) is 0 Å². The minimum Gasteiger partial charge on any atom is -0.493 e. The minimum atomic E-state index is -1.07. The van der Waals surface area contributed by atoms with Crippen LogP contribution in [0, 0.1) is 0 Å². The number of likely N-dealkylation sites (N-methyl/N-ethyl adjacent to an activating group) is 1. The molecule has 1 amide bonds.